The molecule has 0 spiro atoms. The van der Waals surface area contributed by atoms with Crippen molar-refractivity contribution in [3.8, 4) is 0 Å². The molecule has 0 unspecified atom stereocenters. The zero-order chi connectivity index (χ0) is 12.7. The van der Waals surface area contributed by atoms with E-state index < -0.39 is 0 Å². The van der Waals surface area contributed by atoms with E-state index in [1.54, 1.807) is 0 Å². The Balaban J connectivity index is 2.58. The van der Waals surface area contributed by atoms with Crippen LogP contribution in [-0.4, -0.2) is 6.54 Å². The quantitative estimate of drug-likeness (QED) is 0.792. The topological polar surface area (TPSA) is 12.0 Å². The Bertz CT molecular complexity index is 416. The van der Waals surface area contributed by atoms with Gasteiger partial charge in [-0.05, 0) is 34.8 Å². The van der Waals surface area contributed by atoms with Gasteiger partial charge in [-0.15, -0.1) is 0 Å². The summed E-state index contributed by atoms with van der Waals surface area (Å²) < 4.78 is 0. The van der Waals surface area contributed by atoms with E-state index in [9.17, 15) is 0 Å². The molecule has 0 fully saturated rings. The maximum atomic E-state index is 3.63. The van der Waals surface area contributed by atoms with Crippen LogP contribution in [-0.2, 0) is 10.8 Å². The number of nitrogens with one attached hydrogen (secondary N) is 1. The van der Waals surface area contributed by atoms with Gasteiger partial charge in [-0.25, -0.2) is 0 Å². The summed E-state index contributed by atoms with van der Waals surface area (Å²) in [6.07, 6.45) is 2.39. The molecule has 1 aliphatic heterocycles. The fourth-order valence-corrected chi connectivity index (χ4v) is 2.70. The van der Waals surface area contributed by atoms with E-state index >= 15 is 0 Å². The van der Waals surface area contributed by atoms with E-state index in [2.05, 4.69) is 58.1 Å². The first-order valence-electron chi connectivity index (χ1n) is 6.76. The second kappa shape index (κ2) is 4.04. The zero-order valence-electron chi connectivity index (χ0n) is 11.9. The van der Waals surface area contributed by atoms with Crippen LogP contribution >= 0.6 is 0 Å². The van der Waals surface area contributed by atoms with Crippen molar-refractivity contribution in [2.24, 2.45) is 0 Å². The van der Waals surface area contributed by atoms with Crippen LogP contribution in [0.5, 0.6) is 0 Å². The molecule has 1 aliphatic rings. The molecule has 2 rings (SSSR count). The Kier molecular flexibility index (Phi) is 2.97. The van der Waals surface area contributed by atoms with Gasteiger partial charge in [-0.1, -0.05) is 52.8 Å². The maximum Gasteiger partial charge on any atom is 0.0416 e. The fourth-order valence-electron chi connectivity index (χ4n) is 2.70. The molecule has 0 saturated carbocycles. The van der Waals surface area contributed by atoms with E-state index in [1.165, 1.54) is 29.7 Å². The van der Waals surface area contributed by atoms with Crippen LogP contribution in [0.4, 0.5) is 5.69 Å². The number of anilines is 1. The van der Waals surface area contributed by atoms with Crippen LogP contribution in [0.2, 0.25) is 0 Å². The zero-order valence-corrected chi connectivity index (χ0v) is 11.9. The highest BCUT2D eigenvalue weighted by atomic mass is 14.9. The summed E-state index contributed by atoms with van der Waals surface area (Å²) in [6, 6.07) is 6.80. The molecule has 94 valence electrons. The Morgan fingerprint density at radius 3 is 2.65 bits per heavy atom. The van der Waals surface area contributed by atoms with Crippen molar-refractivity contribution in [2.45, 2.75) is 58.3 Å². The lowest BCUT2D eigenvalue weighted by Crippen LogP contribution is -2.31. The number of fused-ring (bicyclic) bond motifs is 1. The molecule has 1 N–H and O–H groups in total. The molecule has 0 radical (unpaired) electrons. The molecule has 1 aromatic rings. The van der Waals surface area contributed by atoms with Gasteiger partial charge in [-0.2, -0.15) is 0 Å². The van der Waals surface area contributed by atoms with Gasteiger partial charge >= 0.3 is 0 Å². The average molecular weight is 231 g/mol. The Hall–Kier alpha value is -0.980. The van der Waals surface area contributed by atoms with Crippen molar-refractivity contribution in [2.75, 3.05) is 11.9 Å². The Morgan fingerprint density at radius 1 is 1.29 bits per heavy atom. The molecule has 0 amide bonds. The molecule has 17 heavy (non-hydrogen) atoms. The molecule has 1 heterocycles. The molecular formula is C16H25N. The van der Waals surface area contributed by atoms with Crippen LogP contribution in [0.25, 0.3) is 0 Å². The van der Waals surface area contributed by atoms with Gasteiger partial charge in [-0.3, -0.25) is 0 Å². The lowest BCUT2D eigenvalue weighted by molar-refractivity contribution is 0.469. The smallest absolute Gasteiger partial charge is 0.0416 e. The summed E-state index contributed by atoms with van der Waals surface area (Å²) >= 11 is 0. The van der Waals surface area contributed by atoms with Gasteiger partial charge in [0.1, 0.15) is 0 Å². The van der Waals surface area contributed by atoms with E-state index in [1.807, 2.05) is 0 Å². The van der Waals surface area contributed by atoms with Crippen molar-refractivity contribution in [3.63, 3.8) is 0 Å². The third-order valence-corrected chi connectivity index (χ3v) is 4.46. The van der Waals surface area contributed by atoms with Crippen molar-refractivity contribution in [1.82, 2.24) is 0 Å². The third kappa shape index (κ3) is 2.08. The predicted octanol–water partition coefficient (Wildman–Crippen LogP) is 4.47. The number of hydrogen-bond acceptors (Lipinski definition) is 1. The van der Waals surface area contributed by atoms with Crippen molar-refractivity contribution < 1.29 is 0 Å². The molecule has 0 aliphatic carbocycles. The van der Waals surface area contributed by atoms with Gasteiger partial charge in [0.15, 0.2) is 0 Å². The number of rotatable bonds is 2. The fraction of sp³-hybridized carbons (Fsp3) is 0.625. The van der Waals surface area contributed by atoms with Gasteiger partial charge in [0.05, 0.1) is 0 Å². The lowest BCUT2D eigenvalue weighted by Gasteiger charge is -2.37. The molecule has 0 bridgehead atoms. The lowest BCUT2D eigenvalue weighted by atomic mass is 9.73. The minimum atomic E-state index is 0.256. The van der Waals surface area contributed by atoms with Crippen LogP contribution in [0.15, 0.2) is 18.2 Å². The monoisotopic (exact) mass is 231 g/mol. The summed E-state index contributed by atoms with van der Waals surface area (Å²) in [5.74, 6) is 0. The Labute approximate surface area is 106 Å². The average Bonchev–Trinajstić information content (AvgIpc) is 2.28. The highest BCUT2D eigenvalue weighted by molar-refractivity contribution is 5.64. The molecule has 1 nitrogen and oxygen atoms in total. The van der Waals surface area contributed by atoms with Gasteiger partial charge in [0, 0.05) is 12.2 Å². The molecule has 0 aromatic heterocycles. The third-order valence-electron chi connectivity index (χ3n) is 4.46. The standard InChI is InChI=1S/C16H25N/c1-6-15(2,3)12-8-7-9-13-14(12)17-11-10-16(13,4)5/h7-9,17H,6,10-11H2,1-5H3. The number of para-hydroxylation sites is 1. The summed E-state index contributed by atoms with van der Waals surface area (Å²) in [4.78, 5) is 0. The summed E-state index contributed by atoms with van der Waals surface area (Å²) in [5.41, 5.74) is 4.93. The largest absolute Gasteiger partial charge is 0.385 e. The van der Waals surface area contributed by atoms with Crippen LogP contribution < -0.4 is 5.32 Å². The predicted molar refractivity (Wildman–Crippen MR) is 75.9 cm³/mol. The highest BCUT2D eigenvalue weighted by Crippen LogP contribution is 2.42. The van der Waals surface area contributed by atoms with Gasteiger partial charge < -0.3 is 5.32 Å². The van der Waals surface area contributed by atoms with E-state index in [0.717, 1.165) is 6.54 Å². The second-order valence-corrected chi connectivity index (χ2v) is 6.53. The van der Waals surface area contributed by atoms with Crippen molar-refractivity contribution in [3.05, 3.63) is 29.3 Å². The molecule has 1 aromatic carbocycles. The van der Waals surface area contributed by atoms with Gasteiger partial charge in [0.2, 0.25) is 0 Å². The highest BCUT2D eigenvalue weighted by Gasteiger charge is 2.31. The second-order valence-electron chi connectivity index (χ2n) is 6.53. The van der Waals surface area contributed by atoms with Crippen molar-refractivity contribution >= 4 is 5.69 Å². The molecule has 0 saturated heterocycles. The first-order valence-corrected chi connectivity index (χ1v) is 6.76. The summed E-state index contributed by atoms with van der Waals surface area (Å²) in [6.45, 7) is 12.8. The van der Waals surface area contributed by atoms with Gasteiger partial charge in [0.25, 0.3) is 0 Å². The first kappa shape index (κ1) is 12.5. The number of benzene rings is 1. The van der Waals surface area contributed by atoms with Crippen LogP contribution in [0.1, 0.15) is 58.6 Å². The summed E-state index contributed by atoms with van der Waals surface area (Å²) in [5, 5.41) is 3.63. The SMILES string of the molecule is CCC(C)(C)c1cccc2c1NCCC2(C)C. The van der Waals surface area contributed by atoms with Crippen molar-refractivity contribution in [1.29, 1.82) is 0 Å². The minimum absolute atomic E-state index is 0.256. The molecular weight excluding hydrogens is 206 g/mol. The van der Waals surface area contributed by atoms with Crippen LogP contribution in [0, 0.1) is 0 Å². The first-order chi connectivity index (χ1) is 7.88. The molecule has 0 atom stereocenters. The van der Waals surface area contributed by atoms with Crippen LogP contribution in [0.3, 0.4) is 0 Å². The maximum absolute atomic E-state index is 3.63. The Morgan fingerprint density at radius 2 is 2.00 bits per heavy atom. The van der Waals surface area contributed by atoms with E-state index in [4.69, 9.17) is 0 Å². The van der Waals surface area contributed by atoms with E-state index in [-0.39, 0.29) is 5.41 Å². The van der Waals surface area contributed by atoms with E-state index in [0.29, 0.717) is 5.41 Å². The summed E-state index contributed by atoms with van der Waals surface area (Å²) in [7, 11) is 0. The molecule has 1 heteroatoms. The number of hydrogen-bond donors (Lipinski definition) is 1. The normalized spacial score (nSPS) is 18.4. The minimum Gasteiger partial charge on any atom is -0.385 e.